The maximum atomic E-state index is 12.6. The lowest BCUT2D eigenvalue weighted by atomic mass is 10.1. The molecule has 0 radical (unpaired) electrons. The Hall–Kier alpha value is -1.73. The van der Waals surface area contributed by atoms with Gasteiger partial charge in [-0.25, -0.2) is 9.97 Å². The summed E-state index contributed by atoms with van der Waals surface area (Å²) in [5.74, 6) is 1.76. The van der Waals surface area contributed by atoms with Crippen molar-refractivity contribution in [2.45, 2.75) is 67.5 Å². The predicted molar refractivity (Wildman–Crippen MR) is 118 cm³/mol. The molecule has 6 nitrogen and oxygen atoms in total. The van der Waals surface area contributed by atoms with Gasteiger partial charge in [-0.2, -0.15) is 0 Å². The third-order valence-electron chi connectivity index (χ3n) is 4.99. The van der Waals surface area contributed by atoms with Crippen LogP contribution in [0.5, 0.6) is 0 Å². The molecule has 0 saturated heterocycles. The maximum absolute atomic E-state index is 12.6. The summed E-state index contributed by atoms with van der Waals surface area (Å²) in [7, 11) is 0. The second-order valence-corrected chi connectivity index (χ2v) is 9.58. The summed E-state index contributed by atoms with van der Waals surface area (Å²) in [5.41, 5.74) is 0.968. The van der Waals surface area contributed by atoms with E-state index in [1.165, 1.54) is 15.3 Å². The molecule has 7 heteroatoms. The first-order chi connectivity index (χ1) is 13.1. The largest absolute Gasteiger partial charge is 0.350 e. The summed E-state index contributed by atoms with van der Waals surface area (Å²) < 4.78 is 0. The fourth-order valence-corrected chi connectivity index (χ4v) is 4.31. The molecule has 0 aromatic carbocycles. The predicted octanol–water partition coefficient (Wildman–Crippen LogP) is 2.47. The third kappa shape index (κ3) is 5.41. The number of thiophene rings is 1. The van der Waals surface area contributed by atoms with Crippen molar-refractivity contribution in [3.05, 3.63) is 16.3 Å². The minimum Gasteiger partial charge on any atom is -0.350 e. The van der Waals surface area contributed by atoms with Crippen LogP contribution in [-0.4, -0.2) is 47.6 Å². The van der Waals surface area contributed by atoms with Crippen LogP contribution in [0.25, 0.3) is 10.2 Å². The normalized spacial score (nSPS) is 12.0. The molecule has 0 bridgehead atoms. The fourth-order valence-electron chi connectivity index (χ4n) is 3.27. The summed E-state index contributed by atoms with van der Waals surface area (Å²) in [4.78, 5) is 28.2. The van der Waals surface area contributed by atoms with Gasteiger partial charge in [0.25, 0.3) is 0 Å². The summed E-state index contributed by atoms with van der Waals surface area (Å²) >= 11 is 1.72. The van der Waals surface area contributed by atoms with E-state index in [0.717, 1.165) is 48.0 Å². The van der Waals surface area contributed by atoms with E-state index in [1.54, 1.807) is 11.3 Å². The van der Waals surface area contributed by atoms with Gasteiger partial charge in [0.05, 0.1) is 25.0 Å². The number of rotatable bonds is 8. The number of nitrogens with one attached hydrogen (secondary N) is 2. The molecule has 0 aliphatic carbocycles. The van der Waals surface area contributed by atoms with Crippen molar-refractivity contribution in [2.24, 2.45) is 0 Å². The van der Waals surface area contributed by atoms with Crippen molar-refractivity contribution < 1.29 is 9.69 Å². The molecule has 156 valence electrons. The van der Waals surface area contributed by atoms with Gasteiger partial charge < -0.3 is 15.1 Å². The van der Waals surface area contributed by atoms with Crippen LogP contribution in [0.4, 0.5) is 5.82 Å². The van der Waals surface area contributed by atoms with Crippen LogP contribution in [0.3, 0.4) is 0 Å². The molecule has 0 saturated carbocycles. The van der Waals surface area contributed by atoms with Crippen molar-refractivity contribution in [2.75, 3.05) is 31.1 Å². The van der Waals surface area contributed by atoms with Gasteiger partial charge in [-0.15, -0.1) is 11.3 Å². The Kier molecular flexibility index (Phi) is 7.39. The minimum atomic E-state index is -0.246. The highest BCUT2D eigenvalue weighted by molar-refractivity contribution is 7.18. The summed E-state index contributed by atoms with van der Waals surface area (Å²) in [6, 6.07) is 0. The van der Waals surface area contributed by atoms with Gasteiger partial charge in [-0.1, -0.05) is 0 Å². The second-order valence-electron chi connectivity index (χ2n) is 8.37. The number of anilines is 1. The number of hydrogen-bond donors (Lipinski definition) is 2. The van der Waals surface area contributed by atoms with Crippen molar-refractivity contribution in [3.8, 4) is 0 Å². The van der Waals surface area contributed by atoms with Crippen molar-refractivity contribution in [3.63, 3.8) is 0 Å². The number of quaternary nitrogens is 1. The second kappa shape index (κ2) is 9.18. The molecule has 2 aromatic heterocycles. The zero-order valence-corrected chi connectivity index (χ0v) is 19.5. The van der Waals surface area contributed by atoms with Crippen LogP contribution >= 0.6 is 11.3 Å². The van der Waals surface area contributed by atoms with Crippen molar-refractivity contribution in [1.29, 1.82) is 0 Å². The Balaban J connectivity index is 2.47. The Morgan fingerprint density at radius 2 is 1.79 bits per heavy atom. The van der Waals surface area contributed by atoms with E-state index in [0.29, 0.717) is 6.54 Å². The molecule has 0 fully saturated rings. The van der Waals surface area contributed by atoms with Crippen LogP contribution in [0.2, 0.25) is 0 Å². The number of aromatic nitrogens is 2. The molecule has 0 unspecified atom stereocenters. The number of aryl methyl sites for hydroxylation is 2. The molecular formula is C21H36N5OS+. The molecule has 2 N–H and O–H groups in total. The highest BCUT2D eigenvalue weighted by Gasteiger charge is 2.23. The summed E-state index contributed by atoms with van der Waals surface area (Å²) in [5, 5.41) is 4.15. The summed E-state index contributed by atoms with van der Waals surface area (Å²) in [6.45, 7) is 20.6. The third-order valence-corrected chi connectivity index (χ3v) is 6.10. The maximum Gasteiger partial charge on any atom is 0.239 e. The number of carbonyl (C=O) groups excluding carboxylic acids is 1. The Morgan fingerprint density at radius 3 is 2.32 bits per heavy atom. The zero-order valence-electron chi connectivity index (χ0n) is 18.7. The first kappa shape index (κ1) is 22.6. The van der Waals surface area contributed by atoms with E-state index in [2.05, 4.69) is 44.8 Å². The van der Waals surface area contributed by atoms with E-state index in [9.17, 15) is 4.79 Å². The van der Waals surface area contributed by atoms with E-state index in [4.69, 9.17) is 9.97 Å². The van der Waals surface area contributed by atoms with E-state index in [1.807, 2.05) is 20.8 Å². The standard InChI is InChI=1S/C21H35N5OS/c1-9-25(10-2)12-16-22-19(18-14(4)15(5)28-20(18)23-16)26(11-3)13-17(27)24-21(6,7)8/h9-13H2,1-8H3,(H,24,27)/p+1. The van der Waals surface area contributed by atoms with Gasteiger partial charge in [0, 0.05) is 17.0 Å². The fraction of sp³-hybridized carbons (Fsp3) is 0.667. The van der Waals surface area contributed by atoms with Crippen LogP contribution in [0, 0.1) is 13.8 Å². The number of amides is 1. The number of hydrogen-bond acceptors (Lipinski definition) is 5. The highest BCUT2D eigenvalue weighted by atomic mass is 32.1. The monoisotopic (exact) mass is 406 g/mol. The molecule has 2 heterocycles. The van der Waals surface area contributed by atoms with Gasteiger partial charge in [0.1, 0.15) is 17.2 Å². The smallest absolute Gasteiger partial charge is 0.239 e. The molecule has 0 aliphatic rings. The number of likely N-dealkylation sites (N-methyl/N-ethyl adjacent to an activating group) is 1. The van der Waals surface area contributed by atoms with Crippen LogP contribution < -0.4 is 15.1 Å². The molecular weight excluding hydrogens is 370 g/mol. The van der Waals surface area contributed by atoms with Gasteiger partial charge in [0.2, 0.25) is 5.91 Å². The van der Waals surface area contributed by atoms with E-state index >= 15 is 0 Å². The molecule has 2 aromatic rings. The molecule has 0 spiro atoms. The minimum absolute atomic E-state index is 0.0154. The molecule has 2 rings (SSSR count). The Morgan fingerprint density at radius 1 is 1.14 bits per heavy atom. The first-order valence-corrected chi connectivity index (χ1v) is 11.1. The average molecular weight is 407 g/mol. The molecule has 0 atom stereocenters. The lowest BCUT2D eigenvalue weighted by Gasteiger charge is -2.26. The Bertz CT molecular complexity index is 820. The quantitative estimate of drug-likeness (QED) is 0.707. The van der Waals surface area contributed by atoms with Gasteiger partial charge >= 0.3 is 0 Å². The van der Waals surface area contributed by atoms with Crippen molar-refractivity contribution >= 4 is 33.3 Å². The van der Waals surface area contributed by atoms with Gasteiger partial charge in [-0.05, 0) is 61.0 Å². The lowest BCUT2D eigenvalue weighted by molar-refractivity contribution is -0.910. The van der Waals surface area contributed by atoms with Gasteiger partial charge in [-0.3, -0.25) is 4.79 Å². The SMILES string of the molecule is CCN(CC(=O)NC(C)(C)C)c1nc(C[NH+](CC)CC)nc2sc(C)c(C)c12. The van der Waals surface area contributed by atoms with E-state index in [-0.39, 0.29) is 11.4 Å². The van der Waals surface area contributed by atoms with Crippen LogP contribution in [0.1, 0.15) is 57.8 Å². The molecule has 0 aliphatic heterocycles. The first-order valence-electron chi connectivity index (χ1n) is 10.3. The topological polar surface area (TPSA) is 62.6 Å². The number of nitrogens with zero attached hydrogens (tertiary/aromatic N) is 3. The summed E-state index contributed by atoms with van der Waals surface area (Å²) in [6.07, 6.45) is 0. The van der Waals surface area contributed by atoms with E-state index < -0.39 is 0 Å². The average Bonchev–Trinajstić information content (AvgIpc) is 2.89. The number of fused-ring (bicyclic) bond motifs is 1. The van der Waals surface area contributed by atoms with Crippen LogP contribution in [0.15, 0.2) is 0 Å². The lowest BCUT2D eigenvalue weighted by Crippen LogP contribution is -3.10. The Labute approximate surface area is 173 Å². The van der Waals surface area contributed by atoms with Crippen LogP contribution in [-0.2, 0) is 11.3 Å². The van der Waals surface area contributed by atoms with Gasteiger partial charge in [0.15, 0.2) is 5.82 Å². The number of carbonyl (C=O) groups is 1. The zero-order chi connectivity index (χ0) is 21.1. The molecule has 28 heavy (non-hydrogen) atoms. The highest BCUT2D eigenvalue weighted by Crippen LogP contribution is 2.34. The molecule has 1 amide bonds. The van der Waals surface area contributed by atoms with Crippen molar-refractivity contribution in [1.82, 2.24) is 15.3 Å².